The molecule has 2 amide bonds. The topological polar surface area (TPSA) is 87.7 Å². The highest BCUT2D eigenvalue weighted by Gasteiger charge is 2.18. The van der Waals surface area contributed by atoms with Gasteiger partial charge in [-0.2, -0.15) is 0 Å². The molecule has 1 aromatic rings. The Morgan fingerprint density at radius 3 is 3.05 bits per heavy atom. The minimum absolute atomic E-state index is 0.0725. The monoisotopic (exact) mass is 280 g/mol. The minimum atomic E-state index is -1.23. The van der Waals surface area contributed by atoms with E-state index in [2.05, 4.69) is 10.6 Å². The number of carboxylic acid groups (broad SMARTS) is 1. The number of ether oxygens (including phenoxy) is 1. The summed E-state index contributed by atoms with van der Waals surface area (Å²) >= 11 is 0. The maximum Gasteiger partial charge on any atom is 0.404 e. The molecule has 2 rings (SSSR count). The lowest BCUT2D eigenvalue weighted by molar-refractivity contribution is 0.0965. The van der Waals surface area contributed by atoms with E-state index in [0.717, 1.165) is 5.56 Å². The van der Waals surface area contributed by atoms with Crippen LogP contribution in [0.2, 0.25) is 0 Å². The van der Waals surface area contributed by atoms with Crippen LogP contribution in [0.5, 0.6) is 5.75 Å². The fourth-order valence-corrected chi connectivity index (χ4v) is 1.78. The fourth-order valence-electron chi connectivity index (χ4n) is 1.78. The molecule has 1 aliphatic heterocycles. The van der Waals surface area contributed by atoms with Crippen molar-refractivity contribution in [1.29, 1.82) is 0 Å². The number of benzene rings is 1. The highest BCUT2D eigenvalue weighted by Crippen LogP contribution is 2.22. The third-order valence-electron chi connectivity index (χ3n) is 2.81. The highest BCUT2D eigenvalue weighted by molar-refractivity contribution is 5.98. The molecule has 0 unspecified atom stereocenters. The number of carbonyl (C=O) groups excluding carboxylic acids is 1. The number of hydrogen-bond donors (Lipinski definition) is 3. The molecule has 20 heavy (non-hydrogen) atoms. The van der Waals surface area contributed by atoms with E-state index >= 15 is 0 Å². The van der Waals surface area contributed by atoms with Gasteiger partial charge in [0.2, 0.25) is 0 Å². The SMILES string of the molecule is O=C(O)NC/C(=C/F)COc1ccc2c(c1)CNC2=O. The fraction of sp³-hybridized carbons (Fsp3) is 0.231. The molecule has 7 heteroatoms. The Balaban J connectivity index is 1.94. The molecule has 106 valence electrons. The van der Waals surface area contributed by atoms with Crippen LogP contribution >= 0.6 is 0 Å². The Bertz CT molecular complexity index is 571. The summed E-state index contributed by atoms with van der Waals surface area (Å²) in [4.78, 5) is 21.7. The van der Waals surface area contributed by atoms with Crippen LogP contribution in [0.25, 0.3) is 0 Å². The smallest absolute Gasteiger partial charge is 0.404 e. The third kappa shape index (κ3) is 3.25. The first-order chi connectivity index (χ1) is 9.60. The highest BCUT2D eigenvalue weighted by atomic mass is 19.1. The predicted molar refractivity (Wildman–Crippen MR) is 68.3 cm³/mol. The Morgan fingerprint density at radius 1 is 1.55 bits per heavy atom. The zero-order chi connectivity index (χ0) is 14.5. The van der Waals surface area contributed by atoms with Crippen LogP contribution in [0, 0.1) is 0 Å². The molecule has 6 nitrogen and oxygen atoms in total. The Kier molecular flexibility index (Phi) is 4.19. The minimum Gasteiger partial charge on any atom is -0.489 e. The molecule has 0 radical (unpaired) electrons. The lowest BCUT2D eigenvalue weighted by Crippen LogP contribution is -2.25. The van der Waals surface area contributed by atoms with Gasteiger partial charge in [-0.1, -0.05) is 0 Å². The zero-order valence-corrected chi connectivity index (χ0v) is 10.5. The molecular weight excluding hydrogens is 267 g/mol. The Labute approximate surface area is 114 Å². The molecule has 3 N–H and O–H groups in total. The lowest BCUT2D eigenvalue weighted by atomic mass is 10.1. The maximum absolute atomic E-state index is 12.6. The number of carbonyl (C=O) groups is 2. The van der Waals surface area contributed by atoms with Gasteiger partial charge in [-0.25, -0.2) is 9.18 Å². The van der Waals surface area contributed by atoms with Gasteiger partial charge in [-0.3, -0.25) is 4.79 Å². The van der Waals surface area contributed by atoms with Crippen LogP contribution in [0.1, 0.15) is 15.9 Å². The quantitative estimate of drug-likeness (QED) is 0.761. The van der Waals surface area contributed by atoms with Crippen LogP contribution in [-0.2, 0) is 6.54 Å². The second-order valence-electron chi connectivity index (χ2n) is 4.22. The summed E-state index contributed by atoms with van der Waals surface area (Å²) in [5, 5.41) is 13.2. The molecule has 0 spiro atoms. The van der Waals surface area contributed by atoms with Crippen molar-refractivity contribution >= 4 is 12.0 Å². The second-order valence-corrected chi connectivity index (χ2v) is 4.22. The largest absolute Gasteiger partial charge is 0.489 e. The van der Waals surface area contributed by atoms with E-state index in [1.165, 1.54) is 0 Å². The number of hydrogen-bond acceptors (Lipinski definition) is 3. The van der Waals surface area contributed by atoms with E-state index in [0.29, 0.717) is 24.2 Å². The van der Waals surface area contributed by atoms with Crippen LogP contribution in [0.3, 0.4) is 0 Å². The van der Waals surface area contributed by atoms with Crippen molar-refractivity contribution in [1.82, 2.24) is 10.6 Å². The molecule has 0 saturated carbocycles. The number of amides is 2. The summed E-state index contributed by atoms with van der Waals surface area (Å²) in [5.41, 5.74) is 1.59. The predicted octanol–water partition coefficient (Wildman–Crippen LogP) is 1.43. The van der Waals surface area contributed by atoms with Gasteiger partial charge in [0.1, 0.15) is 12.4 Å². The molecule has 0 bridgehead atoms. The summed E-state index contributed by atoms with van der Waals surface area (Å²) in [5.74, 6) is 0.372. The average molecular weight is 280 g/mol. The van der Waals surface area contributed by atoms with Gasteiger partial charge in [-0.15, -0.1) is 0 Å². The Morgan fingerprint density at radius 2 is 2.35 bits per heavy atom. The van der Waals surface area contributed by atoms with Gasteiger partial charge in [0.25, 0.3) is 5.91 Å². The maximum atomic E-state index is 12.6. The van der Waals surface area contributed by atoms with Gasteiger partial charge in [0.15, 0.2) is 0 Å². The van der Waals surface area contributed by atoms with Crippen LogP contribution in [0.15, 0.2) is 30.1 Å². The van der Waals surface area contributed by atoms with Crippen molar-refractivity contribution in [2.45, 2.75) is 6.54 Å². The van der Waals surface area contributed by atoms with Gasteiger partial charge in [0, 0.05) is 24.2 Å². The van der Waals surface area contributed by atoms with Crippen LogP contribution in [0.4, 0.5) is 9.18 Å². The van der Waals surface area contributed by atoms with E-state index < -0.39 is 6.09 Å². The Hall–Kier alpha value is -2.57. The summed E-state index contributed by atoms with van der Waals surface area (Å²) < 4.78 is 17.9. The standard InChI is InChI=1S/C13H13FN2O4/c14-4-8(5-16-13(18)19)7-20-10-1-2-11-9(3-10)6-15-12(11)17/h1-4,16H,5-7H2,(H,15,17)(H,18,19)/b8-4-. The average Bonchev–Trinajstić information content (AvgIpc) is 2.80. The first kappa shape index (κ1) is 13.9. The zero-order valence-electron chi connectivity index (χ0n) is 10.5. The molecule has 0 fully saturated rings. The van der Waals surface area contributed by atoms with Crippen molar-refractivity contribution < 1.29 is 23.8 Å². The van der Waals surface area contributed by atoms with E-state index in [1.807, 2.05) is 0 Å². The second kappa shape index (κ2) is 6.05. The molecule has 1 aliphatic rings. The third-order valence-corrected chi connectivity index (χ3v) is 2.81. The lowest BCUT2D eigenvalue weighted by Gasteiger charge is -2.09. The molecular formula is C13H13FN2O4. The normalized spacial score (nSPS) is 13.7. The number of rotatable bonds is 5. The van der Waals surface area contributed by atoms with Crippen molar-refractivity contribution in [3.05, 3.63) is 41.2 Å². The van der Waals surface area contributed by atoms with Gasteiger partial charge >= 0.3 is 6.09 Å². The first-order valence-electron chi connectivity index (χ1n) is 5.89. The van der Waals surface area contributed by atoms with E-state index in [1.54, 1.807) is 18.2 Å². The number of fused-ring (bicyclic) bond motifs is 1. The summed E-state index contributed by atoms with van der Waals surface area (Å²) in [6.45, 7) is 0.228. The summed E-state index contributed by atoms with van der Waals surface area (Å²) in [7, 11) is 0. The van der Waals surface area contributed by atoms with E-state index in [-0.39, 0.29) is 24.6 Å². The molecule has 1 aromatic carbocycles. The van der Waals surface area contributed by atoms with E-state index in [4.69, 9.17) is 9.84 Å². The first-order valence-corrected chi connectivity index (χ1v) is 5.89. The van der Waals surface area contributed by atoms with Gasteiger partial charge < -0.3 is 20.5 Å². The van der Waals surface area contributed by atoms with Crippen molar-refractivity contribution in [2.24, 2.45) is 0 Å². The van der Waals surface area contributed by atoms with Crippen molar-refractivity contribution in [3.63, 3.8) is 0 Å². The van der Waals surface area contributed by atoms with Crippen molar-refractivity contribution in [2.75, 3.05) is 13.2 Å². The molecule has 0 saturated heterocycles. The molecule has 0 aliphatic carbocycles. The summed E-state index contributed by atoms with van der Waals surface area (Å²) in [6.07, 6.45) is -0.916. The van der Waals surface area contributed by atoms with Crippen LogP contribution in [-0.4, -0.2) is 30.3 Å². The van der Waals surface area contributed by atoms with Gasteiger partial charge in [-0.05, 0) is 23.8 Å². The van der Waals surface area contributed by atoms with Crippen LogP contribution < -0.4 is 15.4 Å². The molecule has 0 aromatic heterocycles. The molecule has 0 atom stereocenters. The molecule has 1 heterocycles. The van der Waals surface area contributed by atoms with Gasteiger partial charge in [0.05, 0.1) is 6.33 Å². The number of nitrogens with one attached hydrogen (secondary N) is 2. The van der Waals surface area contributed by atoms with Crippen molar-refractivity contribution in [3.8, 4) is 5.75 Å². The summed E-state index contributed by atoms with van der Waals surface area (Å²) in [6, 6.07) is 4.96. The van der Waals surface area contributed by atoms with E-state index in [9.17, 15) is 14.0 Å². The number of halogens is 1.